The highest BCUT2D eigenvalue weighted by Crippen LogP contribution is 2.67. The Morgan fingerprint density at radius 1 is 1.12 bits per heavy atom. The van der Waals surface area contributed by atoms with E-state index in [2.05, 4.69) is 26.8 Å². The van der Waals surface area contributed by atoms with E-state index in [1.165, 1.54) is 37.7 Å². The summed E-state index contributed by atoms with van der Waals surface area (Å²) >= 11 is 0. The fraction of sp³-hybridized carbons (Fsp3) is 0.818. The Kier molecular flexibility index (Phi) is 3.72. The molecule has 0 aromatic carbocycles. The zero-order valence-electron chi connectivity index (χ0n) is 15.5. The first kappa shape index (κ1) is 16.4. The van der Waals surface area contributed by atoms with E-state index in [9.17, 15) is 10.1 Å². The molecule has 0 aromatic rings. The standard InChI is InChI=1S/C22H31NO/c1-14(13-23)18-6-7-19-17-5-4-15-12-16(24)8-10-21(15,2)20(17)9-11-22(18,19)3/h12,14,17-20H,4-11H2,1-3H3/t14-,17+,18-,19+,20+,21+,22-/m1/s1. The van der Waals surface area contributed by atoms with E-state index in [0.717, 1.165) is 37.0 Å². The molecule has 4 aliphatic carbocycles. The van der Waals surface area contributed by atoms with Crippen LogP contribution in [-0.4, -0.2) is 5.78 Å². The zero-order chi connectivity index (χ0) is 17.1. The lowest BCUT2D eigenvalue weighted by Gasteiger charge is -2.58. The van der Waals surface area contributed by atoms with Crippen LogP contribution in [0, 0.1) is 51.8 Å². The largest absolute Gasteiger partial charge is 0.295 e. The minimum absolute atomic E-state index is 0.193. The van der Waals surface area contributed by atoms with Crippen LogP contribution in [0.25, 0.3) is 0 Å². The number of hydrogen-bond donors (Lipinski definition) is 0. The Labute approximate surface area is 146 Å². The Morgan fingerprint density at radius 2 is 1.92 bits per heavy atom. The van der Waals surface area contributed by atoms with Crippen molar-refractivity contribution in [2.75, 3.05) is 0 Å². The molecule has 3 fully saturated rings. The van der Waals surface area contributed by atoms with Crippen molar-refractivity contribution >= 4 is 5.78 Å². The quantitative estimate of drug-likeness (QED) is 0.657. The summed E-state index contributed by atoms with van der Waals surface area (Å²) in [5, 5.41) is 9.46. The van der Waals surface area contributed by atoms with Gasteiger partial charge in [-0.15, -0.1) is 0 Å². The van der Waals surface area contributed by atoms with Crippen LogP contribution in [0.3, 0.4) is 0 Å². The fourth-order valence-corrected chi connectivity index (χ4v) is 7.51. The van der Waals surface area contributed by atoms with Gasteiger partial charge in [0.2, 0.25) is 0 Å². The number of rotatable bonds is 1. The molecule has 0 aliphatic heterocycles. The monoisotopic (exact) mass is 325 g/mol. The van der Waals surface area contributed by atoms with E-state index >= 15 is 0 Å². The lowest BCUT2D eigenvalue weighted by Crippen LogP contribution is -2.50. The molecule has 2 nitrogen and oxygen atoms in total. The molecule has 4 aliphatic rings. The number of hydrogen-bond acceptors (Lipinski definition) is 2. The molecule has 0 bridgehead atoms. The van der Waals surface area contributed by atoms with Crippen LogP contribution < -0.4 is 0 Å². The van der Waals surface area contributed by atoms with Crippen LogP contribution in [0.4, 0.5) is 0 Å². The highest BCUT2D eigenvalue weighted by atomic mass is 16.1. The summed E-state index contributed by atoms with van der Waals surface area (Å²) in [6.45, 7) is 7.09. The van der Waals surface area contributed by atoms with Gasteiger partial charge >= 0.3 is 0 Å². The summed E-state index contributed by atoms with van der Waals surface area (Å²) in [6.07, 6.45) is 11.4. The van der Waals surface area contributed by atoms with Gasteiger partial charge in [-0.1, -0.05) is 19.4 Å². The minimum Gasteiger partial charge on any atom is -0.295 e. The van der Waals surface area contributed by atoms with Gasteiger partial charge in [-0.2, -0.15) is 5.26 Å². The van der Waals surface area contributed by atoms with Crippen molar-refractivity contribution in [2.24, 2.45) is 40.4 Å². The van der Waals surface area contributed by atoms with Crippen LogP contribution in [0.5, 0.6) is 0 Å². The number of carbonyl (C=O) groups excluding carboxylic acids is 1. The Hall–Kier alpha value is -1.10. The molecule has 4 rings (SSSR count). The first-order chi connectivity index (χ1) is 11.4. The molecular weight excluding hydrogens is 294 g/mol. The third-order valence-electron chi connectivity index (χ3n) is 8.84. The molecule has 0 N–H and O–H groups in total. The summed E-state index contributed by atoms with van der Waals surface area (Å²) in [5.74, 6) is 3.51. The highest BCUT2D eigenvalue weighted by Gasteiger charge is 2.59. The van der Waals surface area contributed by atoms with Crippen molar-refractivity contribution in [3.63, 3.8) is 0 Å². The van der Waals surface area contributed by atoms with E-state index in [-0.39, 0.29) is 11.3 Å². The van der Waals surface area contributed by atoms with E-state index in [0.29, 0.717) is 17.1 Å². The van der Waals surface area contributed by atoms with Gasteiger partial charge in [0.25, 0.3) is 0 Å². The van der Waals surface area contributed by atoms with Crippen LogP contribution in [0.1, 0.15) is 72.1 Å². The van der Waals surface area contributed by atoms with Gasteiger partial charge < -0.3 is 0 Å². The second kappa shape index (κ2) is 5.45. The van der Waals surface area contributed by atoms with Gasteiger partial charge in [-0.25, -0.2) is 0 Å². The van der Waals surface area contributed by atoms with Gasteiger partial charge in [0.15, 0.2) is 5.78 Å². The number of nitriles is 1. The Balaban J connectivity index is 1.65. The molecule has 3 saturated carbocycles. The van der Waals surface area contributed by atoms with E-state index < -0.39 is 0 Å². The summed E-state index contributed by atoms with van der Waals surface area (Å²) in [6, 6.07) is 2.55. The van der Waals surface area contributed by atoms with Crippen molar-refractivity contribution < 1.29 is 4.79 Å². The number of nitrogens with zero attached hydrogens (tertiary/aromatic N) is 1. The highest BCUT2D eigenvalue weighted by molar-refractivity contribution is 5.91. The molecule has 2 heteroatoms. The first-order valence-corrected chi connectivity index (χ1v) is 10.0. The zero-order valence-corrected chi connectivity index (χ0v) is 15.5. The normalized spacial score (nSPS) is 48.6. The van der Waals surface area contributed by atoms with Gasteiger partial charge in [-0.05, 0) is 92.4 Å². The lowest BCUT2D eigenvalue weighted by atomic mass is 9.46. The third-order valence-corrected chi connectivity index (χ3v) is 8.84. The second-order valence-corrected chi connectivity index (χ2v) is 9.61. The average Bonchev–Trinajstić information content (AvgIpc) is 2.92. The molecule has 0 heterocycles. The molecule has 7 atom stereocenters. The molecule has 0 aromatic heterocycles. The van der Waals surface area contributed by atoms with Crippen LogP contribution in [0.15, 0.2) is 11.6 Å². The van der Waals surface area contributed by atoms with Crippen molar-refractivity contribution in [1.29, 1.82) is 5.26 Å². The molecule has 0 saturated heterocycles. The predicted molar refractivity (Wildman–Crippen MR) is 95.0 cm³/mol. The second-order valence-electron chi connectivity index (χ2n) is 9.61. The van der Waals surface area contributed by atoms with Crippen LogP contribution in [-0.2, 0) is 4.79 Å². The minimum atomic E-state index is 0.193. The smallest absolute Gasteiger partial charge is 0.155 e. The summed E-state index contributed by atoms with van der Waals surface area (Å²) in [7, 11) is 0. The van der Waals surface area contributed by atoms with Crippen molar-refractivity contribution in [3.8, 4) is 6.07 Å². The number of fused-ring (bicyclic) bond motifs is 5. The van der Waals surface area contributed by atoms with Crippen LogP contribution >= 0.6 is 0 Å². The Bertz CT molecular complexity index is 628. The van der Waals surface area contributed by atoms with Crippen molar-refractivity contribution in [3.05, 3.63) is 11.6 Å². The number of allylic oxidation sites excluding steroid dienone is 1. The van der Waals surface area contributed by atoms with E-state index in [1.54, 1.807) is 0 Å². The average molecular weight is 325 g/mol. The maximum absolute atomic E-state index is 11.9. The molecule has 24 heavy (non-hydrogen) atoms. The molecule has 0 spiro atoms. The van der Waals surface area contributed by atoms with Crippen LogP contribution in [0.2, 0.25) is 0 Å². The van der Waals surface area contributed by atoms with Gasteiger partial charge in [0, 0.05) is 12.3 Å². The Morgan fingerprint density at radius 3 is 2.67 bits per heavy atom. The van der Waals surface area contributed by atoms with E-state index in [1.807, 2.05) is 6.08 Å². The molecule has 0 unspecified atom stereocenters. The number of carbonyl (C=O) groups is 1. The lowest BCUT2D eigenvalue weighted by molar-refractivity contribution is -0.117. The number of ketones is 1. The topological polar surface area (TPSA) is 40.9 Å². The summed E-state index contributed by atoms with van der Waals surface area (Å²) in [5.41, 5.74) is 2.11. The summed E-state index contributed by atoms with van der Waals surface area (Å²) in [4.78, 5) is 11.9. The fourth-order valence-electron chi connectivity index (χ4n) is 7.51. The first-order valence-electron chi connectivity index (χ1n) is 10.0. The van der Waals surface area contributed by atoms with Crippen molar-refractivity contribution in [2.45, 2.75) is 72.1 Å². The maximum atomic E-state index is 11.9. The molecule has 0 radical (unpaired) electrons. The molecule has 130 valence electrons. The van der Waals surface area contributed by atoms with Gasteiger partial charge in [-0.3, -0.25) is 4.79 Å². The van der Waals surface area contributed by atoms with E-state index in [4.69, 9.17) is 0 Å². The molecular formula is C22H31NO. The predicted octanol–water partition coefficient (Wildman–Crippen LogP) is 5.29. The summed E-state index contributed by atoms with van der Waals surface area (Å²) < 4.78 is 0. The molecule has 0 amide bonds. The third kappa shape index (κ3) is 2.09. The SMILES string of the molecule is C[C@H](C#N)[C@H]1CC[C@H]2[C@@H]3CCC4=CC(=O)CC[C@]4(C)[C@H]3CC[C@]12C. The van der Waals surface area contributed by atoms with Gasteiger partial charge in [0.1, 0.15) is 0 Å². The van der Waals surface area contributed by atoms with Crippen molar-refractivity contribution in [1.82, 2.24) is 0 Å². The van der Waals surface area contributed by atoms with Gasteiger partial charge in [0.05, 0.1) is 6.07 Å². The maximum Gasteiger partial charge on any atom is 0.155 e.